The van der Waals surface area contributed by atoms with Crippen LogP contribution in [0.3, 0.4) is 0 Å². The molecule has 0 aromatic heterocycles. The van der Waals surface area contributed by atoms with Crippen LogP contribution in [0, 0.1) is 0 Å². The van der Waals surface area contributed by atoms with E-state index in [4.69, 9.17) is 0 Å². The molecule has 0 radical (unpaired) electrons. The van der Waals surface area contributed by atoms with E-state index in [2.05, 4.69) is 151 Å². The van der Waals surface area contributed by atoms with Gasteiger partial charge >= 0.3 is 17.9 Å². The van der Waals surface area contributed by atoms with E-state index in [1.807, 2.05) is 18.2 Å². The number of unbranched alkanes of at least 4 members (excludes halogenated alkanes) is 54. The van der Waals surface area contributed by atoms with Crippen molar-refractivity contribution in [2.45, 2.75) is 482 Å². The summed E-state index contributed by atoms with van der Waals surface area (Å²) in [7, 11) is 0. The first-order chi connectivity index (χ1) is 61.8. The van der Waals surface area contributed by atoms with Gasteiger partial charge in [-0.1, -0.05) is 481 Å². The maximum Gasteiger partial charge on any atom is 0.335 e. The number of hydrogen-bond donors (Lipinski definition) is 3. The van der Waals surface area contributed by atoms with Crippen LogP contribution in [0.5, 0.6) is 0 Å². The van der Waals surface area contributed by atoms with E-state index in [0.717, 1.165) is 93.7 Å². The maximum atomic E-state index is 13.3. The van der Waals surface area contributed by atoms with Crippen LogP contribution in [0.15, 0.2) is 127 Å². The van der Waals surface area contributed by atoms with Gasteiger partial charge in [0.1, 0.15) is 0 Å². The van der Waals surface area contributed by atoms with E-state index in [1.165, 1.54) is 430 Å². The Hall–Kier alpha value is -7.05. The first-order valence-corrected chi connectivity index (χ1v) is 53.6. The van der Waals surface area contributed by atoms with Gasteiger partial charge in [0.05, 0.1) is 16.7 Å². The highest BCUT2D eigenvalue weighted by Gasteiger charge is 2.46. The van der Waals surface area contributed by atoms with E-state index in [1.54, 1.807) is 0 Å². The Balaban J connectivity index is 1.13. The summed E-state index contributed by atoms with van der Waals surface area (Å²) >= 11 is 0. The minimum Gasteiger partial charge on any atom is -0.478 e. The molecule has 0 bridgehead atoms. The smallest absolute Gasteiger partial charge is 0.335 e. The molecule has 0 unspecified atom stereocenters. The van der Waals surface area contributed by atoms with Gasteiger partial charge in [-0.2, -0.15) is 0 Å². The van der Waals surface area contributed by atoms with Crippen molar-refractivity contribution in [2.24, 2.45) is 0 Å². The second-order valence-electron chi connectivity index (χ2n) is 40.1. The second kappa shape index (κ2) is 55.9. The van der Waals surface area contributed by atoms with Gasteiger partial charge < -0.3 is 15.3 Å². The van der Waals surface area contributed by atoms with Gasteiger partial charge in [0, 0.05) is 16.2 Å². The monoisotopic (exact) mass is 1710 g/mol. The molecule has 6 heteroatoms. The van der Waals surface area contributed by atoms with Gasteiger partial charge in [0.2, 0.25) is 0 Å². The van der Waals surface area contributed by atoms with Crippen molar-refractivity contribution in [3.8, 4) is 66.8 Å². The molecule has 0 spiro atoms. The molecular formula is C120H174O6. The molecule has 0 heterocycles. The van der Waals surface area contributed by atoms with Crippen molar-refractivity contribution in [3.05, 3.63) is 177 Å². The van der Waals surface area contributed by atoms with E-state index in [0.29, 0.717) is 16.7 Å². The van der Waals surface area contributed by atoms with Crippen molar-refractivity contribution in [1.82, 2.24) is 0 Å². The molecule has 7 aromatic carbocycles. The predicted octanol–water partition coefficient (Wildman–Crippen LogP) is 38.4. The Kier molecular flexibility index (Phi) is 44.8. The van der Waals surface area contributed by atoms with Crippen LogP contribution in [0.2, 0.25) is 0 Å². The molecule has 6 nitrogen and oxygen atoms in total. The molecule has 0 amide bonds. The Bertz CT molecular complexity index is 3830. The van der Waals surface area contributed by atoms with Gasteiger partial charge in [-0.25, -0.2) is 14.4 Å². The van der Waals surface area contributed by atoms with Crippen molar-refractivity contribution >= 4 is 17.9 Å². The number of aromatic carboxylic acids is 3. The van der Waals surface area contributed by atoms with E-state index >= 15 is 0 Å². The number of hydrogen-bond acceptors (Lipinski definition) is 3. The average Bonchev–Trinajstić information content (AvgIpc) is 1.57. The topological polar surface area (TPSA) is 112 Å². The molecule has 0 aliphatic heterocycles. The first-order valence-electron chi connectivity index (χ1n) is 53.6. The van der Waals surface area contributed by atoms with Crippen LogP contribution >= 0.6 is 0 Å². The summed E-state index contributed by atoms with van der Waals surface area (Å²) in [5.41, 5.74) is 22.1. The predicted molar refractivity (Wildman–Crippen MR) is 541 cm³/mol. The lowest BCUT2D eigenvalue weighted by atomic mass is 9.69. The normalized spacial score (nSPS) is 13.6. The molecule has 0 saturated heterocycles. The number of benzene rings is 7. The molecular weight excluding hydrogens is 1540 g/mol. The van der Waals surface area contributed by atoms with Gasteiger partial charge in [-0.05, 0) is 211 Å². The van der Waals surface area contributed by atoms with Crippen LogP contribution in [0.1, 0.15) is 530 Å². The highest BCUT2D eigenvalue weighted by Crippen LogP contribution is 2.60. The first kappa shape index (κ1) is 101. The third kappa shape index (κ3) is 29.0. The van der Waals surface area contributed by atoms with Crippen LogP contribution in [0.4, 0.5) is 0 Å². The molecule has 0 fully saturated rings. The van der Waals surface area contributed by atoms with Gasteiger partial charge in [-0.15, -0.1) is 0 Å². The van der Waals surface area contributed by atoms with E-state index < -0.39 is 17.9 Å². The molecule has 7 aromatic rings. The Morgan fingerprint density at radius 3 is 0.476 bits per heavy atom. The minimum atomic E-state index is -0.865. The number of rotatable bonds is 72. The lowest BCUT2D eigenvalue weighted by molar-refractivity contribution is 0.0686. The molecule has 0 atom stereocenters. The summed E-state index contributed by atoms with van der Waals surface area (Å²) in [6.45, 7) is 13.8. The molecule has 10 rings (SSSR count). The molecule has 0 saturated carbocycles. The number of fused-ring (bicyclic) bond motifs is 9. The van der Waals surface area contributed by atoms with Gasteiger partial charge in [0.25, 0.3) is 0 Å². The largest absolute Gasteiger partial charge is 0.478 e. The fourth-order valence-electron chi connectivity index (χ4n) is 23.0. The summed E-state index contributed by atoms with van der Waals surface area (Å²) < 4.78 is 0. The molecule has 690 valence electrons. The van der Waals surface area contributed by atoms with Crippen LogP contribution in [0.25, 0.3) is 66.8 Å². The molecule has 3 aliphatic rings. The SMILES string of the molecule is CCCCCCCCCCCCC1(CCCCCCCCCCCC)c2cc(C(=O)O)ccc2-c2ccc(-c3cc(-c4ccc5c(c4)C(CCCCCCCCCCCC)(CCCCCCCCCCCC)c4cc(C(=O)O)ccc4-5)cc(-c4ccc5c(c4)C(CCCCCCCCCCCC)(CCCCCCCCCCCC)c4cc(C(=O)O)ccc4-5)c3)cc21. The zero-order valence-electron chi connectivity index (χ0n) is 80.9. The van der Waals surface area contributed by atoms with Gasteiger partial charge in [-0.3, -0.25) is 0 Å². The number of carbonyl (C=O) groups is 3. The Morgan fingerprint density at radius 2 is 0.317 bits per heavy atom. The standard InChI is InChI=1S/C120H174O6/c1-7-13-19-25-31-37-43-49-55-61-79-118(80-62-56-50-44-38-32-26-20-14-8-2)109-88-94(67-73-103(109)106-76-70-97(115(121)122)91-112(106)118)100-85-101(95-68-74-104-107-77-71-98(116(123)124)92-113(107)119(110(104)89-95,81-63-57-51-45-39-33-27-21-15-9-3)82-64-58-52-46-40-34-28-22-16-10-4)87-102(86-100)96-69-75-105-108-78-72-99(117(125)126)93-114(108)120(111(105)90-96,83-65-59-53-47-41-35-29-23-17-11-5)84-66-60-54-48-42-36-30-24-18-12-6/h67-78,85-93H,7-66,79-84H2,1-6H3,(H,121,122)(H,123,124)(H,125,126). The maximum absolute atomic E-state index is 13.3. The quantitative estimate of drug-likeness (QED) is 0.0328. The summed E-state index contributed by atoms with van der Waals surface area (Å²) in [5.74, 6) is -2.59. The summed E-state index contributed by atoms with van der Waals surface area (Å²) in [5, 5.41) is 32.8. The Labute approximate surface area is 768 Å². The molecule has 3 aliphatic carbocycles. The summed E-state index contributed by atoms with van der Waals surface area (Å²) in [6.07, 6.45) is 81.7. The molecule has 126 heavy (non-hydrogen) atoms. The van der Waals surface area contributed by atoms with Crippen molar-refractivity contribution in [1.29, 1.82) is 0 Å². The second-order valence-corrected chi connectivity index (χ2v) is 40.1. The summed E-state index contributed by atoms with van der Waals surface area (Å²) in [6, 6.07) is 47.9. The zero-order valence-corrected chi connectivity index (χ0v) is 80.9. The number of carboxylic acids is 3. The average molecular weight is 1710 g/mol. The summed E-state index contributed by atoms with van der Waals surface area (Å²) in [4.78, 5) is 40.0. The zero-order chi connectivity index (χ0) is 88.9. The van der Waals surface area contributed by atoms with E-state index in [-0.39, 0.29) is 16.2 Å². The highest BCUT2D eigenvalue weighted by atomic mass is 16.4. The van der Waals surface area contributed by atoms with Crippen molar-refractivity contribution in [2.75, 3.05) is 0 Å². The van der Waals surface area contributed by atoms with Crippen LogP contribution < -0.4 is 0 Å². The lowest BCUT2D eigenvalue weighted by Crippen LogP contribution is -2.26. The highest BCUT2D eigenvalue weighted by molar-refractivity contribution is 5.96. The lowest BCUT2D eigenvalue weighted by Gasteiger charge is -2.33. The fourth-order valence-corrected chi connectivity index (χ4v) is 23.0. The number of carboxylic acid groups (broad SMARTS) is 3. The Morgan fingerprint density at radius 1 is 0.175 bits per heavy atom. The fraction of sp³-hybridized carbons (Fsp3) is 0.625. The van der Waals surface area contributed by atoms with Gasteiger partial charge in [0.15, 0.2) is 0 Å². The molecule has 3 N–H and O–H groups in total. The van der Waals surface area contributed by atoms with Crippen LogP contribution in [-0.2, 0) is 16.2 Å². The third-order valence-electron chi connectivity index (χ3n) is 30.5. The van der Waals surface area contributed by atoms with E-state index in [9.17, 15) is 29.7 Å². The minimum absolute atomic E-state index is 0.366. The third-order valence-corrected chi connectivity index (χ3v) is 30.5. The van der Waals surface area contributed by atoms with Crippen LogP contribution in [-0.4, -0.2) is 33.2 Å². The van der Waals surface area contributed by atoms with Crippen molar-refractivity contribution in [3.63, 3.8) is 0 Å². The van der Waals surface area contributed by atoms with Crippen molar-refractivity contribution < 1.29 is 29.7 Å².